The number of rotatable bonds is 10. The van der Waals surface area contributed by atoms with Crippen molar-refractivity contribution in [2.45, 2.75) is 45.7 Å². The van der Waals surface area contributed by atoms with Gasteiger partial charge in [-0.25, -0.2) is 4.79 Å². The summed E-state index contributed by atoms with van der Waals surface area (Å²) in [5.41, 5.74) is 7.48. The minimum atomic E-state index is -0.256. The van der Waals surface area contributed by atoms with Crippen LogP contribution in [-0.4, -0.2) is 89.8 Å². The van der Waals surface area contributed by atoms with Crippen molar-refractivity contribution < 1.29 is 19.0 Å². The third-order valence-corrected chi connectivity index (χ3v) is 9.85. The van der Waals surface area contributed by atoms with E-state index in [0.29, 0.717) is 25.3 Å². The summed E-state index contributed by atoms with van der Waals surface area (Å²) in [6.45, 7) is 9.62. The van der Waals surface area contributed by atoms with Crippen molar-refractivity contribution in [1.29, 1.82) is 0 Å². The van der Waals surface area contributed by atoms with Gasteiger partial charge in [-0.05, 0) is 56.8 Å². The van der Waals surface area contributed by atoms with Crippen LogP contribution in [0.2, 0.25) is 0 Å². The standard InChI is InChI=1S/C39H47N5O4/c1-4-47-39(45)38-31(16-9-24-48-35-17-7-12-28-11-5-6-13-29(28)35)30-14-8-15-32-36-33(18-21-43-22-25-46-26-23-43)40-42(3)34(36)27-41(2)19-10-20-44(38)37(30)32/h5-8,11-15,17H,4,9-10,16,18-27H2,1-3H3. The van der Waals surface area contributed by atoms with E-state index in [1.807, 2.05) is 31.2 Å². The molecule has 0 saturated carbocycles. The molecule has 0 radical (unpaired) electrons. The van der Waals surface area contributed by atoms with Crippen LogP contribution in [0.3, 0.4) is 0 Å². The van der Waals surface area contributed by atoms with Crippen LogP contribution in [0.4, 0.5) is 0 Å². The van der Waals surface area contributed by atoms with E-state index in [1.54, 1.807) is 0 Å². The lowest BCUT2D eigenvalue weighted by Crippen LogP contribution is -2.37. The van der Waals surface area contributed by atoms with Gasteiger partial charge in [-0.3, -0.25) is 9.58 Å². The Balaban J connectivity index is 1.28. The van der Waals surface area contributed by atoms with E-state index in [-0.39, 0.29) is 5.97 Å². The maximum Gasteiger partial charge on any atom is 0.355 e. The molecule has 252 valence electrons. The maximum absolute atomic E-state index is 13.8. The highest BCUT2D eigenvalue weighted by molar-refractivity contribution is 6.05. The second-order valence-electron chi connectivity index (χ2n) is 13.0. The molecule has 2 aliphatic rings. The molecule has 1 fully saturated rings. The number of fused-ring (bicyclic) bond motifs is 3. The molecule has 0 unspecified atom stereocenters. The molecule has 0 aliphatic carbocycles. The molecular weight excluding hydrogens is 602 g/mol. The van der Waals surface area contributed by atoms with E-state index in [0.717, 1.165) is 116 Å². The zero-order chi connectivity index (χ0) is 33.0. The molecule has 0 amide bonds. The Morgan fingerprint density at radius 1 is 0.917 bits per heavy atom. The second kappa shape index (κ2) is 14.5. The maximum atomic E-state index is 13.8. The number of carbonyl (C=O) groups excluding carboxylic acids is 1. The fourth-order valence-electron chi connectivity index (χ4n) is 7.55. The molecule has 3 aromatic carbocycles. The van der Waals surface area contributed by atoms with Gasteiger partial charge in [0.25, 0.3) is 0 Å². The molecule has 4 heterocycles. The molecule has 0 N–H and O–H groups in total. The van der Waals surface area contributed by atoms with Gasteiger partial charge in [-0.15, -0.1) is 0 Å². The van der Waals surface area contributed by atoms with Gasteiger partial charge < -0.3 is 23.7 Å². The van der Waals surface area contributed by atoms with Gasteiger partial charge in [-0.1, -0.05) is 54.6 Å². The van der Waals surface area contributed by atoms with E-state index in [2.05, 4.69) is 69.5 Å². The molecular formula is C39H47N5O4. The zero-order valence-corrected chi connectivity index (χ0v) is 28.5. The Hall–Kier alpha value is -4.18. The highest BCUT2D eigenvalue weighted by Gasteiger charge is 2.29. The Morgan fingerprint density at radius 2 is 1.71 bits per heavy atom. The Kier molecular flexibility index (Phi) is 9.79. The topological polar surface area (TPSA) is 74.0 Å². The Morgan fingerprint density at radius 3 is 2.56 bits per heavy atom. The van der Waals surface area contributed by atoms with Crippen molar-refractivity contribution >= 4 is 27.6 Å². The van der Waals surface area contributed by atoms with Crippen molar-refractivity contribution in [2.75, 3.05) is 59.7 Å². The summed E-state index contributed by atoms with van der Waals surface area (Å²) < 4.78 is 22.0. The predicted molar refractivity (Wildman–Crippen MR) is 190 cm³/mol. The molecule has 7 rings (SSSR count). The lowest BCUT2D eigenvalue weighted by atomic mass is 9.96. The summed E-state index contributed by atoms with van der Waals surface area (Å²) in [5, 5.41) is 8.53. The number of carbonyl (C=O) groups is 1. The summed E-state index contributed by atoms with van der Waals surface area (Å²) >= 11 is 0. The molecule has 9 heteroatoms. The number of hydrogen-bond acceptors (Lipinski definition) is 7. The third kappa shape index (κ3) is 6.46. The summed E-state index contributed by atoms with van der Waals surface area (Å²) in [7, 11) is 4.25. The molecule has 9 nitrogen and oxygen atoms in total. The summed E-state index contributed by atoms with van der Waals surface area (Å²) in [5.74, 6) is 0.633. The van der Waals surface area contributed by atoms with Crippen LogP contribution in [0.1, 0.15) is 47.2 Å². The van der Waals surface area contributed by atoms with Crippen LogP contribution in [0.15, 0.2) is 60.7 Å². The van der Waals surface area contributed by atoms with Crippen molar-refractivity contribution in [3.8, 4) is 16.9 Å². The van der Waals surface area contributed by atoms with Crippen molar-refractivity contribution in [3.05, 3.63) is 83.3 Å². The SMILES string of the molecule is CCOC(=O)c1c(CCCOc2cccc3ccccc23)c2cccc3c2n1CCCN(C)Cc1c-3c(CCN2CCOCC2)nn1C. The van der Waals surface area contributed by atoms with Crippen molar-refractivity contribution in [1.82, 2.24) is 24.1 Å². The molecule has 0 spiro atoms. The van der Waals surface area contributed by atoms with E-state index < -0.39 is 0 Å². The number of morpholine rings is 1. The largest absolute Gasteiger partial charge is 0.493 e. The molecule has 2 aromatic heterocycles. The van der Waals surface area contributed by atoms with Gasteiger partial charge in [0, 0.05) is 68.1 Å². The first-order valence-corrected chi connectivity index (χ1v) is 17.5. The van der Waals surface area contributed by atoms with Gasteiger partial charge in [0.1, 0.15) is 11.4 Å². The molecule has 1 saturated heterocycles. The van der Waals surface area contributed by atoms with E-state index in [1.165, 1.54) is 11.3 Å². The van der Waals surface area contributed by atoms with Crippen LogP contribution in [-0.2, 0) is 42.5 Å². The molecule has 0 bridgehead atoms. The van der Waals surface area contributed by atoms with Gasteiger partial charge >= 0.3 is 5.97 Å². The van der Waals surface area contributed by atoms with Gasteiger partial charge in [0.05, 0.1) is 43.3 Å². The molecule has 48 heavy (non-hydrogen) atoms. The fourth-order valence-corrected chi connectivity index (χ4v) is 7.55. The second-order valence-corrected chi connectivity index (χ2v) is 13.0. The summed E-state index contributed by atoms with van der Waals surface area (Å²) in [4.78, 5) is 18.7. The van der Waals surface area contributed by atoms with Crippen molar-refractivity contribution in [2.24, 2.45) is 7.05 Å². The fraction of sp³-hybridized carbons (Fsp3) is 0.436. The number of esters is 1. The van der Waals surface area contributed by atoms with Crippen LogP contribution in [0, 0.1) is 0 Å². The van der Waals surface area contributed by atoms with Crippen LogP contribution in [0.25, 0.3) is 32.8 Å². The zero-order valence-electron chi connectivity index (χ0n) is 28.5. The predicted octanol–water partition coefficient (Wildman–Crippen LogP) is 6.09. The number of benzene rings is 3. The normalized spacial score (nSPS) is 15.9. The first-order valence-electron chi connectivity index (χ1n) is 17.5. The van der Waals surface area contributed by atoms with E-state index >= 15 is 0 Å². The van der Waals surface area contributed by atoms with Crippen molar-refractivity contribution in [3.63, 3.8) is 0 Å². The Labute approximate surface area is 283 Å². The highest BCUT2D eigenvalue weighted by atomic mass is 16.5. The Bertz CT molecular complexity index is 1900. The van der Waals surface area contributed by atoms with E-state index in [4.69, 9.17) is 19.3 Å². The molecule has 2 aliphatic heterocycles. The average Bonchev–Trinajstić information content (AvgIpc) is 3.59. The van der Waals surface area contributed by atoms with Crippen LogP contribution < -0.4 is 4.74 Å². The summed E-state index contributed by atoms with van der Waals surface area (Å²) in [6, 6.07) is 21.0. The first kappa shape index (κ1) is 32.4. The van der Waals surface area contributed by atoms with E-state index in [9.17, 15) is 4.79 Å². The number of aryl methyl sites for hydroxylation is 3. The van der Waals surface area contributed by atoms with Gasteiger partial charge in [-0.2, -0.15) is 5.10 Å². The molecule has 5 aromatic rings. The lowest BCUT2D eigenvalue weighted by Gasteiger charge is -2.26. The third-order valence-electron chi connectivity index (χ3n) is 9.85. The minimum Gasteiger partial charge on any atom is -0.493 e. The number of aromatic nitrogens is 3. The first-order chi connectivity index (χ1) is 23.5. The number of ether oxygens (including phenoxy) is 3. The molecule has 0 atom stereocenters. The summed E-state index contributed by atoms with van der Waals surface area (Å²) in [6.07, 6.45) is 3.25. The number of para-hydroxylation sites is 1. The number of hydrogen-bond donors (Lipinski definition) is 0. The highest BCUT2D eigenvalue weighted by Crippen LogP contribution is 2.39. The quantitative estimate of drug-likeness (QED) is 0.134. The minimum absolute atomic E-state index is 0.256. The average molecular weight is 650 g/mol. The number of nitrogens with zero attached hydrogens (tertiary/aromatic N) is 5. The van der Waals surface area contributed by atoms with Gasteiger partial charge in [0.15, 0.2) is 0 Å². The van der Waals surface area contributed by atoms with Crippen LogP contribution >= 0.6 is 0 Å². The van der Waals surface area contributed by atoms with Gasteiger partial charge in [0.2, 0.25) is 0 Å². The monoisotopic (exact) mass is 649 g/mol. The lowest BCUT2D eigenvalue weighted by molar-refractivity contribution is 0.0383. The van der Waals surface area contributed by atoms with Crippen LogP contribution in [0.5, 0.6) is 5.75 Å². The smallest absolute Gasteiger partial charge is 0.355 e.